The molecule has 32 heavy (non-hydrogen) atoms. The molecular weight excluding hydrogens is 422 g/mol. The number of ketones is 1. The van der Waals surface area contributed by atoms with E-state index in [1.807, 2.05) is 0 Å². The number of Topliss-reactive ketones (excluding diaryl/α,β-unsaturated/α-hetero) is 1. The number of aromatic nitrogens is 1. The number of aliphatic hydroxyl groups is 1. The Hall–Kier alpha value is -4.12. The first-order valence-corrected chi connectivity index (χ1v) is 9.72. The zero-order valence-corrected chi connectivity index (χ0v) is 16.6. The monoisotopic (exact) mass is 437 g/mol. The average Bonchev–Trinajstić information content (AvgIpc) is 3.26. The van der Waals surface area contributed by atoms with Crippen LogP contribution in [0.25, 0.3) is 5.57 Å². The maximum atomic E-state index is 13.2. The van der Waals surface area contributed by atoms with E-state index >= 15 is 0 Å². The lowest BCUT2D eigenvalue weighted by atomic mass is 9.86. The van der Waals surface area contributed by atoms with Crippen LogP contribution < -0.4 is 10.9 Å². The number of hydrogen-bond donors (Lipinski definition) is 2. The molecule has 11 nitrogen and oxygen atoms in total. The molecule has 4 heterocycles. The second-order valence-electron chi connectivity index (χ2n) is 7.73. The van der Waals surface area contributed by atoms with E-state index in [9.17, 15) is 34.4 Å². The molecule has 2 N–H and O–H groups in total. The van der Waals surface area contributed by atoms with Gasteiger partial charge in [-0.2, -0.15) is 0 Å². The molecule has 3 aliphatic rings. The van der Waals surface area contributed by atoms with Gasteiger partial charge in [0.05, 0.1) is 28.3 Å². The van der Waals surface area contributed by atoms with Crippen LogP contribution >= 0.6 is 0 Å². The molecule has 162 valence electrons. The number of rotatable bonds is 2. The quantitative estimate of drug-likeness (QED) is 0.305. The Morgan fingerprint density at radius 2 is 2.00 bits per heavy atom. The maximum Gasteiger partial charge on any atom is 0.343 e. The van der Waals surface area contributed by atoms with Crippen LogP contribution in [0.2, 0.25) is 0 Å². The van der Waals surface area contributed by atoms with E-state index in [2.05, 4.69) is 5.32 Å². The largest absolute Gasteiger partial charge is 0.458 e. The van der Waals surface area contributed by atoms with Gasteiger partial charge >= 0.3 is 5.97 Å². The number of nitrogens with one attached hydrogen (secondary N) is 1. The van der Waals surface area contributed by atoms with Crippen LogP contribution in [-0.2, 0) is 33.1 Å². The van der Waals surface area contributed by atoms with Crippen LogP contribution in [0.3, 0.4) is 0 Å². The summed E-state index contributed by atoms with van der Waals surface area (Å²) in [6.45, 7) is 0.970. The second kappa shape index (κ2) is 6.44. The summed E-state index contributed by atoms with van der Waals surface area (Å²) in [5.74, 6) is -2.15. The van der Waals surface area contributed by atoms with E-state index in [4.69, 9.17) is 4.74 Å². The van der Waals surface area contributed by atoms with Crippen LogP contribution in [0.1, 0.15) is 40.5 Å². The number of carbonyl (C=O) groups is 3. The molecule has 0 aliphatic carbocycles. The summed E-state index contributed by atoms with van der Waals surface area (Å²) in [5.41, 5.74) is -2.47. The summed E-state index contributed by atoms with van der Waals surface area (Å²) in [6, 6.07) is 5.10. The molecule has 11 heteroatoms. The lowest BCUT2D eigenvalue weighted by Crippen LogP contribution is -2.44. The number of carbonyl (C=O) groups excluding carboxylic acids is 3. The number of nitrogens with zero attached hydrogens (tertiary/aromatic N) is 2. The summed E-state index contributed by atoms with van der Waals surface area (Å²) >= 11 is 0. The van der Waals surface area contributed by atoms with Crippen LogP contribution in [0, 0.1) is 10.1 Å². The molecule has 1 amide bonds. The van der Waals surface area contributed by atoms with E-state index in [1.165, 1.54) is 24.3 Å². The van der Waals surface area contributed by atoms with Crippen molar-refractivity contribution in [3.63, 3.8) is 0 Å². The minimum Gasteiger partial charge on any atom is -0.458 e. The smallest absolute Gasteiger partial charge is 0.343 e. The number of benzene rings is 1. The van der Waals surface area contributed by atoms with Gasteiger partial charge in [0.2, 0.25) is 5.78 Å². The van der Waals surface area contributed by atoms with Crippen LogP contribution in [-0.4, -0.2) is 32.3 Å². The summed E-state index contributed by atoms with van der Waals surface area (Å²) < 4.78 is 6.13. The van der Waals surface area contributed by atoms with Gasteiger partial charge in [-0.15, -0.1) is 0 Å². The first-order valence-electron chi connectivity index (χ1n) is 9.72. The Kier molecular flexibility index (Phi) is 3.99. The maximum absolute atomic E-state index is 13.2. The third-order valence-corrected chi connectivity index (χ3v) is 6.13. The molecule has 1 atom stereocenters. The number of nitro benzene ring substituents is 1. The van der Waals surface area contributed by atoms with Crippen molar-refractivity contribution in [2.45, 2.75) is 32.1 Å². The Morgan fingerprint density at radius 1 is 1.25 bits per heavy atom. The van der Waals surface area contributed by atoms with Gasteiger partial charge in [0.1, 0.15) is 6.61 Å². The topological polar surface area (TPSA) is 158 Å². The van der Waals surface area contributed by atoms with Crippen LogP contribution in [0.4, 0.5) is 11.4 Å². The first-order chi connectivity index (χ1) is 15.2. The molecule has 0 radical (unpaired) electrons. The van der Waals surface area contributed by atoms with Crippen molar-refractivity contribution in [2.24, 2.45) is 0 Å². The van der Waals surface area contributed by atoms with Crippen molar-refractivity contribution >= 4 is 34.6 Å². The van der Waals surface area contributed by atoms with Crippen molar-refractivity contribution in [3.8, 4) is 0 Å². The summed E-state index contributed by atoms with van der Waals surface area (Å²) in [7, 11) is 0. The third kappa shape index (κ3) is 2.45. The fraction of sp³-hybridized carbons (Fsp3) is 0.238. The molecule has 0 fully saturated rings. The average molecular weight is 437 g/mol. The number of allylic oxidation sites excluding steroid dienone is 1. The SMILES string of the molecule is CCC1(O)C(=O)OCc2c1cc1n(c2=O)C/C(=C2\C(=O)Nc3ccc([N+](=O)[O-])cc32)C1=O. The number of non-ortho nitro benzene ring substituents is 1. The predicted molar refractivity (Wildman–Crippen MR) is 108 cm³/mol. The number of nitro groups is 1. The highest BCUT2D eigenvalue weighted by atomic mass is 16.6. The molecule has 0 bridgehead atoms. The highest BCUT2D eigenvalue weighted by molar-refractivity contribution is 6.37. The molecule has 3 aliphatic heterocycles. The van der Waals surface area contributed by atoms with E-state index < -0.39 is 33.7 Å². The summed E-state index contributed by atoms with van der Waals surface area (Å²) in [4.78, 5) is 61.7. The Balaban J connectivity index is 1.71. The van der Waals surface area contributed by atoms with Gasteiger partial charge in [0.15, 0.2) is 5.60 Å². The van der Waals surface area contributed by atoms with E-state index in [1.54, 1.807) is 6.92 Å². The van der Waals surface area contributed by atoms with Crippen molar-refractivity contribution in [2.75, 3.05) is 5.32 Å². The summed E-state index contributed by atoms with van der Waals surface area (Å²) in [6.07, 6.45) is -0.0662. The molecule has 1 aromatic heterocycles. The normalized spacial score (nSPS) is 23.4. The number of hydrogen-bond acceptors (Lipinski definition) is 8. The molecule has 0 saturated carbocycles. The number of pyridine rings is 1. The number of fused-ring (bicyclic) bond motifs is 3. The van der Waals surface area contributed by atoms with Crippen LogP contribution in [0.15, 0.2) is 34.6 Å². The number of cyclic esters (lactones) is 1. The van der Waals surface area contributed by atoms with Crippen molar-refractivity contribution in [3.05, 3.63) is 72.7 Å². The molecule has 1 unspecified atom stereocenters. The highest BCUT2D eigenvalue weighted by Gasteiger charge is 2.46. The second-order valence-corrected chi connectivity index (χ2v) is 7.73. The molecule has 5 rings (SSSR count). The van der Waals surface area contributed by atoms with E-state index in [-0.39, 0.29) is 58.8 Å². The number of anilines is 1. The van der Waals surface area contributed by atoms with Gasteiger partial charge < -0.3 is 19.7 Å². The molecular formula is C21H15N3O8. The fourth-order valence-electron chi connectivity index (χ4n) is 4.39. The number of ether oxygens (including phenoxy) is 1. The highest BCUT2D eigenvalue weighted by Crippen LogP contribution is 2.40. The lowest BCUT2D eigenvalue weighted by molar-refractivity contribution is -0.384. The molecule has 2 aromatic rings. The van der Waals surface area contributed by atoms with Gasteiger partial charge in [-0.3, -0.25) is 24.5 Å². The molecule has 1 aromatic carbocycles. The van der Waals surface area contributed by atoms with Crippen molar-refractivity contribution < 1.29 is 29.2 Å². The van der Waals surface area contributed by atoms with Gasteiger partial charge in [-0.25, -0.2) is 4.79 Å². The predicted octanol–water partition coefficient (Wildman–Crippen LogP) is 1.01. The number of esters is 1. The zero-order valence-electron chi connectivity index (χ0n) is 16.6. The van der Waals surface area contributed by atoms with Crippen LogP contribution in [0.5, 0.6) is 0 Å². The Bertz CT molecular complexity index is 1390. The standard InChI is InChI=1S/C21H15N3O8/c1-2-21(29)13-6-15-17(25)11(7-23(15)19(27)12(13)8-32-20(21)28)16-10-5-9(24(30)31)3-4-14(10)22-18(16)26/h3-6,29H,2,7-8H2,1H3,(H,22,26)/b16-11+. The lowest BCUT2D eigenvalue weighted by Gasteiger charge is -2.31. The molecule has 0 saturated heterocycles. The minimum atomic E-state index is -2.06. The van der Waals surface area contributed by atoms with Crippen molar-refractivity contribution in [1.82, 2.24) is 4.57 Å². The fourth-order valence-corrected chi connectivity index (χ4v) is 4.39. The minimum absolute atomic E-state index is 0.00604. The Labute approximate surface area is 179 Å². The number of amides is 1. The van der Waals surface area contributed by atoms with Gasteiger partial charge in [0, 0.05) is 34.5 Å². The molecule has 0 spiro atoms. The summed E-state index contributed by atoms with van der Waals surface area (Å²) in [5, 5.41) is 24.5. The van der Waals surface area contributed by atoms with Gasteiger partial charge in [-0.05, 0) is 18.6 Å². The Morgan fingerprint density at radius 3 is 2.69 bits per heavy atom. The van der Waals surface area contributed by atoms with Crippen molar-refractivity contribution in [1.29, 1.82) is 0 Å². The van der Waals surface area contributed by atoms with E-state index in [0.29, 0.717) is 5.69 Å². The van der Waals surface area contributed by atoms with E-state index in [0.717, 1.165) is 4.57 Å². The first kappa shape index (κ1) is 19.8. The van der Waals surface area contributed by atoms with Gasteiger partial charge in [0.25, 0.3) is 17.2 Å². The third-order valence-electron chi connectivity index (χ3n) is 6.13. The zero-order chi connectivity index (χ0) is 22.9. The van der Waals surface area contributed by atoms with Gasteiger partial charge in [-0.1, -0.05) is 6.92 Å².